The van der Waals surface area contributed by atoms with Crippen molar-refractivity contribution in [2.75, 3.05) is 13.7 Å². The molecule has 0 spiro atoms. The lowest BCUT2D eigenvalue weighted by Crippen LogP contribution is -2.43. The minimum atomic E-state index is -0.914. The van der Waals surface area contributed by atoms with Crippen molar-refractivity contribution in [3.8, 4) is 0 Å². The molecule has 2 bridgehead atoms. The van der Waals surface area contributed by atoms with E-state index in [0.29, 0.717) is 56.5 Å². The molecule has 3 saturated carbocycles. The summed E-state index contributed by atoms with van der Waals surface area (Å²) in [5.41, 5.74) is -2.42. The number of ether oxygens (including phenoxy) is 3. The van der Waals surface area contributed by atoms with E-state index >= 15 is 0 Å². The van der Waals surface area contributed by atoms with Gasteiger partial charge in [-0.25, -0.2) is 0 Å². The molecule has 0 radical (unpaired) electrons. The Kier molecular flexibility index (Phi) is 14.7. The highest BCUT2D eigenvalue weighted by molar-refractivity contribution is 5.81. The van der Waals surface area contributed by atoms with Gasteiger partial charge in [-0.15, -0.1) is 0 Å². The largest absolute Gasteiger partial charge is 0.469 e. The Hall–Kier alpha value is -1.59. The topological polar surface area (TPSA) is 78.9 Å². The van der Waals surface area contributed by atoms with Crippen molar-refractivity contribution >= 4 is 17.9 Å². The number of esters is 3. The molecule has 0 aromatic heterocycles. The van der Waals surface area contributed by atoms with Gasteiger partial charge in [0.25, 0.3) is 0 Å². The van der Waals surface area contributed by atoms with Crippen LogP contribution in [0.1, 0.15) is 170 Å². The molecule has 3 fully saturated rings. The first kappa shape index (κ1) is 37.9. The van der Waals surface area contributed by atoms with E-state index in [1.807, 2.05) is 34.6 Å². The zero-order chi connectivity index (χ0) is 33.1. The smallest absolute Gasteiger partial charge is 0.312 e. The lowest BCUT2D eigenvalue weighted by molar-refractivity contribution is -0.172. The van der Waals surface area contributed by atoms with Gasteiger partial charge in [-0.05, 0) is 109 Å². The van der Waals surface area contributed by atoms with Crippen molar-refractivity contribution < 1.29 is 28.6 Å². The van der Waals surface area contributed by atoms with Gasteiger partial charge in [0.1, 0.15) is 6.10 Å². The highest BCUT2D eigenvalue weighted by Crippen LogP contribution is 2.60. The van der Waals surface area contributed by atoms with Gasteiger partial charge in [-0.3, -0.25) is 14.4 Å². The van der Waals surface area contributed by atoms with Crippen LogP contribution in [-0.4, -0.2) is 37.7 Å². The molecule has 0 heterocycles. The van der Waals surface area contributed by atoms with Crippen molar-refractivity contribution in [3.05, 3.63) is 0 Å². The molecule has 0 aromatic carbocycles. The van der Waals surface area contributed by atoms with Crippen LogP contribution in [0.2, 0.25) is 0 Å². The number of carbonyl (C=O) groups is 3. The molecule has 8 atom stereocenters. The van der Waals surface area contributed by atoms with Crippen LogP contribution in [0, 0.1) is 39.9 Å². The normalized spacial score (nSPS) is 27.7. The average molecular weight is 633 g/mol. The molecule has 45 heavy (non-hydrogen) atoms. The molecular weight excluding hydrogens is 564 g/mol. The van der Waals surface area contributed by atoms with E-state index < -0.39 is 16.2 Å². The van der Waals surface area contributed by atoms with E-state index in [4.69, 9.17) is 14.2 Å². The summed E-state index contributed by atoms with van der Waals surface area (Å²) in [7, 11) is 1.41. The predicted octanol–water partition coefficient (Wildman–Crippen LogP) is 10.0. The summed E-state index contributed by atoms with van der Waals surface area (Å²) in [4.78, 5) is 40.5. The van der Waals surface area contributed by atoms with E-state index in [0.717, 1.165) is 25.2 Å². The zero-order valence-electron chi connectivity index (χ0n) is 30.2. The zero-order valence-corrected chi connectivity index (χ0v) is 30.2. The monoisotopic (exact) mass is 633 g/mol. The van der Waals surface area contributed by atoms with Crippen molar-refractivity contribution in [2.45, 2.75) is 176 Å². The summed E-state index contributed by atoms with van der Waals surface area (Å²) in [6.07, 6.45) is 21.0. The van der Waals surface area contributed by atoms with Crippen molar-refractivity contribution in [1.29, 1.82) is 0 Å². The molecule has 0 N–H and O–H groups in total. The standard InChI is InChI=1S/C39H68O6/c1-8-11-12-13-14-15-16-17-18-19-25-44-35(41)37(4,9-2)23-24-39(6,28-38(5,10-3)34(40)43-7)36(42)45-33-27-29-26-32(33)31-22-20-21-30(29)31/h29-33H,8-28H2,1-7H3. The van der Waals surface area contributed by atoms with Crippen molar-refractivity contribution in [3.63, 3.8) is 0 Å². The van der Waals surface area contributed by atoms with Crippen LogP contribution in [0.15, 0.2) is 0 Å². The summed E-state index contributed by atoms with van der Waals surface area (Å²) in [6, 6.07) is 0. The number of rotatable bonds is 22. The van der Waals surface area contributed by atoms with E-state index in [2.05, 4.69) is 6.92 Å². The lowest BCUT2D eigenvalue weighted by Gasteiger charge is -2.39. The maximum absolute atomic E-state index is 14.2. The van der Waals surface area contributed by atoms with Crippen molar-refractivity contribution in [2.24, 2.45) is 39.9 Å². The second-order valence-electron chi connectivity index (χ2n) is 16.0. The molecule has 260 valence electrons. The van der Waals surface area contributed by atoms with Gasteiger partial charge in [-0.1, -0.05) is 85.0 Å². The van der Waals surface area contributed by atoms with Crippen LogP contribution >= 0.6 is 0 Å². The highest BCUT2D eigenvalue weighted by atomic mass is 16.5. The van der Waals surface area contributed by atoms with Gasteiger partial charge in [0.05, 0.1) is 30.0 Å². The minimum Gasteiger partial charge on any atom is -0.469 e. The Labute approximate surface area is 275 Å². The third-order valence-electron chi connectivity index (χ3n) is 12.6. The highest BCUT2D eigenvalue weighted by Gasteiger charge is 2.56. The Morgan fingerprint density at radius 1 is 0.644 bits per heavy atom. The molecular formula is C39H68O6. The van der Waals surface area contributed by atoms with E-state index in [1.165, 1.54) is 84.2 Å². The average Bonchev–Trinajstić information content (AvgIpc) is 3.76. The van der Waals surface area contributed by atoms with Gasteiger partial charge in [0, 0.05) is 0 Å². The summed E-state index contributed by atoms with van der Waals surface area (Å²) in [5, 5.41) is 0. The fourth-order valence-corrected chi connectivity index (χ4v) is 9.04. The molecule has 6 nitrogen and oxygen atoms in total. The maximum Gasteiger partial charge on any atom is 0.312 e. The molecule has 0 amide bonds. The number of carbonyl (C=O) groups excluding carboxylic acids is 3. The molecule has 0 aliphatic heterocycles. The van der Waals surface area contributed by atoms with Crippen LogP contribution in [0.5, 0.6) is 0 Å². The van der Waals surface area contributed by atoms with Crippen LogP contribution in [0.4, 0.5) is 0 Å². The first-order valence-electron chi connectivity index (χ1n) is 18.9. The van der Waals surface area contributed by atoms with E-state index in [1.54, 1.807) is 0 Å². The first-order chi connectivity index (χ1) is 21.5. The van der Waals surface area contributed by atoms with E-state index in [9.17, 15) is 14.4 Å². The van der Waals surface area contributed by atoms with Gasteiger partial charge >= 0.3 is 17.9 Å². The van der Waals surface area contributed by atoms with Gasteiger partial charge in [0.2, 0.25) is 0 Å². The number of fused-ring (bicyclic) bond motifs is 5. The second kappa shape index (κ2) is 17.5. The third kappa shape index (κ3) is 9.72. The number of hydrogen-bond acceptors (Lipinski definition) is 6. The van der Waals surface area contributed by atoms with Gasteiger partial charge < -0.3 is 14.2 Å². The van der Waals surface area contributed by atoms with Crippen LogP contribution in [0.3, 0.4) is 0 Å². The fourth-order valence-electron chi connectivity index (χ4n) is 9.04. The Balaban J connectivity index is 1.57. The molecule has 3 aliphatic rings. The Morgan fingerprint density at radius 2 is 1.22 bits per heavy atom. The second-order valence-corrected chi connectivity index (χ2v) is 16.0. The molecule has 3 rings (SSSR count). The third-order valence-corrected chi connectivity index (χ3v) is 12.6. The number of unbranched alkanes of at least 4 members (excludes halogenated alkanes) is 9. The molecule has 6 heteroatoms. The van der Waals surface area contributed by atoms with Crippen LogP contribution in [0.25, 0.3) is 0 Å². The molecule has 3 aliphatic carbocycles. The first-order valence-corrected chi connectivity index (χ1v) is 18.9. The Bertz CT molecular complexity index is 948. The van der Waals surface area contributed by atoms with Crippen LogP contribution < -0.4 is 0 Å². The van der Waals surface area contributed by atoms with Gasteiger partial charge in [-0.2, -0.15) is 0 Å². The SMILES string of the molecule is CCCCCCCCCCCCOC(=O)C(C)(CC)CCC(C)(CC(C)(CC)C(=O)OC)C(=O)OC1CC2CC1C1CCCC21. The fraction of sp³-hybridized carbons (Fsp3) is 0.923. The predicted molar refractivity (Wildman–Crippen MR) is 180 cm³/mol. The number of hydrogen-bond donors (Lipinski definition) is 0. The summed E-state index contributed by atoms with van der Waals surface area (Å²) >= 11 is 0. The van der Waals surface area contributed by atoms with Crippen molar-refractivity contribution in [1.82, 2.24) is 0 Å². The summed E-state index contributed by atoms with van der Waals surface area (Å²) < 4.78 is 17.4. The van der Waals surface area contributed by atoms with Gasteiger partial charge in [0.15, 0.2) is 0 Å². The Morgan fingerprint density at radius 3 is 1.82 bits per heavy atom. The number of methoxy groups -OCH3 is 1. The molecule has 0 saturated heterocycles. The maximum atomic E-state index is 14.2. The molecule has 8 unspecified atom stereocenters. The lowest BCUT2D eigenvalue weighted by atomic mass is 9.67. The quantitative estimate of drug-likeness (QED) is 0.0671. The van der Waals surface area contributed by atoms with Crippen LogP contribution in [-0.2, 0) is 28.6 Å². The minimum absolute atomic E-state index is 0.0178. The summed E-state index contributed by atoms with van der Waals surface area (Å²) in [5.74, 6) is 2.02. The molecule has 0 aromatic rings. The summed E-state index contributed by atoms with van der Waals surface area (Å²) in [6.45, 7) is 12.5. The van der Waals surface area contributed by atoms with E-state index in [-0.39, 0.29) is 24.0 Å².